The Morgan fingerprint density at radius 1 is 1.17 bits per heavy atom. The summed E-state index contributed by atoms with van der Waals surface area (Å²) in [6, 6.07) is 9.25. The number of aromatic nitrogens is 3. The molecular weight excluding hydrogens is 390 g/mol. The predicted octanol–water partition coefficient (Wildman–Crippen LogP) is 1.23. The summed E-state index contributed by atoms with van der Waals surface area (Å²) >= 11 is 6.06. The second-order valence-corrected chi connectivity index (χ2v) is 8.63. The third-order valence-electron chi connectivity index (χ3n) is 6.32. The zero-order valence-corrected chi connectivity index (χ0v) is 17.6. The maximum absolute atomic E-state index is 9.85. The average Bonchev–Trinajstić information content (AvgIpc) is 3.16. The number of nitrogens with zero attached hydrogens (tertiary/aromatic N) is 5. The van der Waals surface area contributed by atoms with Crippen LogP contribution in [0.1, 0.15) is 18.4 Å². The molecular formula is C20H30ClN7O. The number of anilines is 2. The molecule has 1 unspecified atom stereocenters. The van der Waals surface area contributed by atoms with Crippen LogP contribution in [0.3, 0.4) is 0 Å². The highest BCUT2D eigenvalue weighted by Crippen LogP contribution is 2.27. The Morgan fingerprint density at radius 2 is 1.90 bits per heavy atom. The number of piperidine rings is 1. The Bertz CT molecular complexity index is 790. The normalized spacial score (nSPS) is 24.9. The molecule has 29 heavy (non-hydrogen) atoms. The molecule has 0 spiro atoms. The summed E-state index contributed by atoms with van der Waals surface area (Å²) in [6.07, 6.45) is 3.08. The van der Waals surface area contributed by atoms with Crippen LogP contribution in [0.15, 0.2) is 24.3 Å². The molecule has 1 aromatic heterocycles. The second kappa shape index (κ2) is 8.87. The Hall–Kier alpha value is -1.87. The summed E-state index contributed by atoms with van der Waals surface area (Å²) in [5.41, 5.74) is 6.97. The molecule has 2 saturated heterocycles. The van der Waals surface area contributed by atoms with Gasteiger partial charge < -0.3 is 15.7 Å². The molecule has 2 fully saturated rings. The van der Waals surface area contributed by atoms with Crippen molar-refractivity contribution in [2.45, 2.75) is 37.4 Å². The van der Waals surface area contributed by atoms with E-state index in [1.54, 1.807) is 0 Å². The van der Waals surface area contributed by atoms with Crippen LogP contribution >= 0.6 is 11.6 Å². The first-order chi connectivity index (χ1) is 14.0. The van der Waals surface area contributed by atoms with Crippen molar-refractivity contribution in [1.29, 1.82) is 0 Å². The largest absolute Gasteiger partial charge is 0.395 e. The minimum atomic E-state index is 0.183. The summed E-state index contributed by atoms with van der Waals surface area (Å²) in [7, 11) is 2.11. The van der Waals surface area contributed by atoms with Gasteiger partial charge in [0.1, 0.15) is 0 Å². The lowest BCUT2D eigenvalue weighted by Crippen LogP contribution is -2.62. The highest BCUT2D eigenvalue weighted by molar-refractivity contribution is 6.30. The summed E-state index contributed by atoms with van der Waals surface area (Å²) in [4.78, 5) is 11.4. The molecule has 4 rings (SSSR count). The van der Waals surface area contributed by atoms with E-state index in [2.05, 4.69) is 49.1 Å². The van der Waals surface area contributed by atoms with E-state index in [1.807, 2.05) is 12.1 Å². The minimum Gasteiger partial charge on any atom is -0.395 e. The Morgan fingerprint density at radius 3 is 2.52 bits per heavy atom. The molecule has 4 N–H and O–H groups in total. The van der Waals surface area contributed by atoms with Crippen molar-refractivity contribution >= 4 is 23.5 Å². The standard InChI is InChI=1S/C20H30ClN7O/c1-26-11-17(10-14-2-4-15(21)5-3-14)28(12-18(26)13-29)16-6-8-27(9-7-16)20-23-19(22)24-25-20/h2-5,16-18,29H,6-13H2,1H3,(H3,22,23,24,25)/t17-,18?/m0/s1. The van der Waals surface area contributed by atoms with Crippen LogP contribution in [0.2, 0.25) is 5.02 Å². The van der Waals surface area contributed by atoms with E-state index in [0.29, 0.717) is 24.0 Å². The first-order valence-electron chi connectivity index (χ1n) is 10.3. The molecule has 0 radical (unpaired) electrons. The van der Waals surface area contributed by atoms with Gasteiger partial charge >= 0.3 is 0 Å². The fourth-order valence-electron chi connectivity index (χ4n) is 4.64. The molecule has 2 aromatic rings. The van der Waals surface area contributed by atoms with Crippen LogP contribution in [0.4, 0.5) is 11.9 Å². The summed E-state index contributed by atoms with van der Waals surface area (Å²) in [5, 5.41) is 17.5. The van der Waals surface area contributed by atoms with E-state index < -0.39 is 0 Å². The van der Waals surface area contributed by atoms with Crippen molar-refractivity contribution in [3.05, 3.63) is 34.9 Å². The van der Waals surface area contributed by atoms with Crippen LogP contribution in [-0.2, 0) is 6.42 Å². The topological polar surface area (TPSA) is 97.5 Å². The van der Waals surface area contributed by atoms with E-state index in [1.165, 1.54) is 5.56 Å². The third kappa shape index (κ3) is 4.66. The number of likely N-dealkylation sites (N-methyl/N-ethyl adjacent to an activating group) is 1. The number of rotatable bonds is 5. The van der Waals surface area contributed by atoms with Gasteiger partial charge in [0.2, 0.25) is 11.9 Å². The monoisotopic (exact) mass is 419 g/mol. The minimum absolute atomic E-state index is 0.183. The smallest absolute Gasteiger partial charge is 0.246 e. The van der Waals surface area contributed by atoms with Crippen molar-refractivity contribution in [1.82, 2.24) is 25.0 Å². The van der Waals surface area contributed by atoms with Gasteiger partial charge in [0.15, 0.2) is 0 Å². The van der Waals surface area contributed by atoms with Crippen LogP contribution in [0.5, 0.6) is 0 Å². The number of benzene rings is 1. The molecule has 0 bridgehead atoms. The maximum Gasteiger partial charge on any atom is 0.246 e. The summed E-state index contributed by atoms with van der Waals surface area (Å²) in [5.74, 6) is 1.04. The van der Waals surface area contributed by atoms with Gasteiger partial charge in [0.05, 0.1) is 6.61 Å². The Balaban J connectivity index is 1.45. The molecule has 9 heteroatoms. The van der Waals surface area contributed by atoms with Crippen molar-refractivity contribution in [3.63, 3.8) is 0 Å². The lowest BCUT2D eigenvalue weighted by atomic mass is 9.94. The lowest BCUT2D eigenvalue weighted by Gasteiger charge is -2.49. The van der Waals surface area contributed by atoms with E-state index in [9.17, 15) is 5.11 Å². The van der Waals surface area contributed by atoms with Gasteiger partial charge in [-0.2, -0.15) is 4.98 Å². The third-order valence-corrected chi connectivity index (χ3v) is 6.57. The number of aliphatic hydroxyl groups excluding tert-OH is 1. The van der Waals surface area contributed by atoms with Gasteiger partial charge in [-0.05, 0) is 44.0 Å². The zero-order chi connectivity index (χ0) is 20.4. The van der Waals surface area contributed by atoms with E-state index in [4.69, 9.17) is 17.3 Å². The summed E-state index contributed by atoms with van der Waals surface area (Å²) < 4.78 is 0. The molecule has 1 aromatic carbocycles. The number of nitrogens with one attached hydrogen (secondary N) is 1. The number of piperazine rings is 1. The molecule has 0 saturated carbocycles. The molecule has 8 nitrogen and oxygen atoms in total. The number of hydrogen-bond donors (Lipinski definition) is 3. The quantitative estimate of drug-likeness (QED) is 0.670. The molecule has 2 atom stereocenters. The fourth-order valence-corrected chi connectivity index (χ4v) is 4.77. The number of H-pyrrole nitrogens is 1. The molecule has 3 heterocycles. The highest BCUT2D eigenvalue weighted by Gasteiger charge is 2.37. The maximum atomic E-state index is 9.85. The van der Waals surface area contributed by atoms with Gasteiger partial charge in [0, 0.05) is 49.3 Å². The van der Waals surface area contributed by atoms with Crippen LogP contribution in [-0.4, -0.2) is 88.0 Å². The van der Waals surface area contributed by atoms with Crippen LogP contribution < -0.4 is 10.6 Å². The first kappa shape index (κ1) is 20.4. The molecule has 2 aliphatic rings. The Labute approximate surface area is 176 Å². The van der Waals surface area contributed by atoms with Crippen LogP contribution in [0.25, 0.3) is 0 Å². The lowest BCUT2D eigenvalue weighted by molar-refractivity contribution is -0.0107. The molecule has 2 aliphatic heterocycles. The highest BCUT2D eigenvalue weighted by atomic mass is 35.5. The van der Waals surface area contributed by atoms with E-state index in [-0.39, 0.29) is 12.6 Å². The second-order valence-electron chi connectivity index (χ2n) is 8.20. The van der Waals surface area contributed by atoms with Crippen molar-refractivity contribution in [2.75, 3.05) is 50.5 Å². The van der Waals surface area contributed by atoms with Crippen molar-refractivity contribution in [3.8, 4) is 0 Å². The van der Waals surface area contributed by atoms with Gasteiger partial charge in [-0.3, -0.25) is 9.80 Å². The first-order valence-corrected chi connectivity index (χ1v) is 10.7. The van der Waals surface area contributed by atoms with E-state index in [0.717, 1.165) is 50.5 Å². The number of nitrogen functional groups attached to an aromatic ring is 1. The van der Waals surface area contributed by atoms with Crippen molar-refractivity contribution < 1.29 is 5.11 Å². The number of halogens is 1. The average molecular weight is 420 g/mol. The Kier molecular flexibility index (Phi) is 6.24. The number of nitrogens with two attached hydrogens (primary N) is 1. The van der Waals surface area contributed by atoms with Gasteiger partial charge in [0.25, 0.3) is 0 Å². The molecule has 0 aliphatic carbocycles. The predicted molar refractivity (Wildman–Crippen MR) is 115 cm³/mol. The van der Waals surface area contributed by atoms with Crippen molar-refractivity contribution in [2.24, 2.45) is 0 Å². The SMILES string of the molecule is CN1C[C@H](Cc2ccc(Cl)cc2)N(C2CCN(c3n[nH]c(N)n3)CC2)CC1CO. The van der Waals surface area contributed by atoms with Gasteiger partial charge in [-0.25, -0.2) is 5.10 Å². The van der Waals surface area contributed by atoms with Gasteiger partial charge in [-0.15, -0.1) is 5.10 Å². The number of aromatic amines is 1. The summed E-state index contributed by atoms with van der Waals surface area (Å²) in [6.45, 7) is 3.85. The molecule has 158 valence electrons. The van der Waals surface area contributed by atoms with E-state index >= 15 is 0 Å². The van der Waals surface area contributed by atoms with Gasteiger partial charge in [-0.1, -0.05) is 23.7 Å². The fraction of sp³-hybridized carbons (Fsp3) is 0.600. The number of aliphatic hydroxyl groups is 1. The molecule has 0 amide bonds. The number of hydrogen-bond acceptors (Lipinski definition) is 7. The zero-order valence-electron chi connectivity index (χ0n) is 16.8. The van der Waals surface area contributed by atoms with Crippen LogP contribution in [0, 0.1) is 0 Å².